The van der Waals surface area contributed by atoms with Crippen LogP contribution in [0.3, 0.4) is 0 Å². The molecule has 0 saturated heterocycles. The number of para-hydroxylation sites is 1. The second kappa shape index (κ2) is 6.86. The maximum atomic E-state index is 12.0. The van der Waals surface area contributed by atoms with Gasteiger partial charge in [-0.25, -0.2) is 0 Å². The lowest BCUT2D eigenvalue weighted by atomic mass is 10.1. The van der Waals surface area contributed by atoms with E-state index >= 15 is 0 Å². The topological polar surface area (TPSA) is 41.5 Å². The summed E-state index contributed by atoms with van der Waals surface area (Å²) in [4.78, 5) is 0. The highest BCUT2D eigenvalue weighted by molar-refractivity contribution is 5.51. The third-order valence-corrected chi connectivity index (χ3v) is 2.82. The molecule has 2 aromatic rings. The van der Waals surface area contributed by atoms with Crippen molar-refractivity contribution in [2.75, 3.05) is 5.32 Å². The summed E-state index contributed by atoms with van der Waals surface area (Å²) in [6.45, 7) is -2.31. The second-order valence-corrected chi connectivity index (χ2v) is 4.19. The first kappa shape index (κ1) is 14.3. The van der Waals surface area contributed by atoms with Gasteiger partial charge in [-0.1, -0.05) is 30.3 Å². The lowest BCUT2D eigenvalue weighted by molar-refractivity contribution is -0.0498. The minimum Gasteiger partial charge on any atom is -0.435 e. The van der Waals surface area contributed by atoms with Gasteiger partial charge in [0.05, 0.1) is 6.61 Å². The first-order valence-electron chi connectivity index (χ1n) is 6.15. The number of aliphatic hydroxyl groups is 1. The van der Waals surface area contributed by atoms with Gasteiger partial charge in [-0.2, -0.15) is 8.78 Å². The number of nitrogens with one attached hydrogen (secondary N) is 1. The zero-order valence-electron chi connectivity index (χ0n) is 10.7. The second-order valence-electron chi connectivity index (χ2n) is 4.19. The lowest BCUT2D eigenvalue weighted by Crippen LogP contribution is -2.04. The smallest absolute Gasteiger partial charge is 0.387 e. The molecular weight excluding hydrogens is 264 g/mol. The number of benzene rings is 2. The Kier molecular flexibility index (Phi) is 4.90. The van der Waals surface area contributed by atoms with Gasteiger partial charge in [0.2, 0.25) is 0 Å². The van der Waals surface area contributed by atoms with Crippen molar-refractivity contribution >= 4 is 5.69 Å². The summed E-state index contributed by atoms with van der Waals surface area (Å²) in [5, 5.41) is 12.4. The van der Waals surface area contributed by atoms with Gasteiger partial charge in [0.1, 0.15) is 5.75 Å². The van der Waals surface area contributed by atoms with E-state index in [4.69, 9.17) is 0 Å². The van der Waals surface area contributed by atoms with Crippen molar-refractivity contribution in [1.82, 2.24) is 0 Å². The molecule has 0 spiro atoms. The molecule has 0 amide bonds. The normalized spacial score (nSPS) is 10.6. The van der Waals surface area contributed by atoms with Crippen LogP contribution in [0.1, 0.15) is 11.1 Å². The van der Waals surface area contributed by atoms with Crippen molar-refractivity contribution in [3.05, 3.63) is 59.7 Å². The fraction of sp³-hybridized carbons (Fsp3) is 0.200. The molecule has 2 aromatic carbocycles. The van der Waals surface area contributed by atoms with Crippen LogP contribution in [0.4, 0.5) is 14.5 Å². The van der Waals surface area contributed by atoms with Gasteiger partial charge < -0.3 is 15.2 Å². The van der Waals surface area contributed by atoms with E-state index < -0.39 is 6.61 Å². The zero-order valence-corrected chi connectivity index (χ0v) is 10.7. The molecule has 0 aliphatic rings. The van der Waals surface area contributed by atoms with Crippen LogP contribution in [0.15, 0.2) is 48.5 Å². The van der Waals surface area contributed by atoms with Crippen LogP contribution in [0.25, 0.3) is 0 Å². The first-order valence-corrected chi connectivity index (χ1v) is 6.15. The van der Waals surface area contributed by atoms with Crippen LogP contribution in [-0.4, -0.2) is 11.7 Å². The fourth-order valence-electron chi connectivity index (χ4n) is 1.82. The maximum Gasteiger partial charge on any atom is 0.387 e. The number of alkyl halides is 2. The molecule has 2 N–H and O–H groups in total. The number of hydrogen-bond acceptors (Lipinski definition) is 3. The monoisotopic (exact) mass is 279 g/mol. The summed E-state index contributed by atoms with van der Waals surface area (Å²) in [5.41, 5.74) is 2.59. The maximum absolute atomic E-state index is 12.0. The van der Waals surface area contributed by atoms with Crippen LogP contribution in [0, 0.1) is 0 Å². The van der Waals surface area contributed by atoms with Crippen molar-refractivity contribution in [2.45, 2.75) is 19.8 Å². The van der Waals surface area contributed by atoms with Gasteiger partial charge in [0, 0.05) is 17.8 Å². The summed E-state index contributed by atoms with van der Waals surface area (Å²) in [7, 11) is 0. The number of ether oxygens (including phenoxy) is 1. The van der Waals surface area contributed by atoms with Crippen LogP contribution < -0.4 is 10.1 Å². The standard InChI is InChI=1S/C15H15F2NO2/c16-15(17)20-13-7-5-11(6-8-13)9-18-14-4-2-1-3-12(14)10-19/h1-8,15,18-19H,9-10H2. The minimum atomic E-state index is -2.81. The van der Waals surface area contributed by atoms with Gasteiger partial charge in [0.15, 0.2) is 0 Å². The average molecular weight is 279 g/mol. The average Bonchev–Trinajstić information content (AvgIpc) is 2.46. The van der Waals surface area contributed by atoms with Gasteiger partial charge in [0.25, 0.3) is 0 Å². The molecule has 0 bridgehead atoms. The molecule has 0 aliphatic carbocycles. The van der Waals surface area contributed by atoms with E-state index in [1.807, 2.05) is 24.3 Å². The molecule has 0 saturated carbocycles. The summed E-state index contributed by atoms with van der Waals surface area (Å²) in [6, 6.07) is 13.9. The Morgan fingerprint density at radius 1 is 1.05 bits per heavy atom. The molecular formula is C15H15F2NO2. The SMILES string of the molecule is OCc1ccccc1NCc1ccc(OC(F)F)cc1. The summed E-state index contributed by atoms with van der Waals surface area (Å²) in [6.07, 6.45) is 0. The van der Waals surface area contributed by atoms with Crippen molar-refractivity contribution in [3.63, 3.8) is 0 Å². The third-order valence-electron chi connectivity index (χ3n) is 2.82. The van der Waals surface area contributed by atoms with Crippen molar-refractivity contribution in [3.8, 4) is 5.75 Å². The Morgan fingerprint density at radius 2 is 1.75 bits per heavy atom. The Bertz CT molecular complexity index is 544. The van der Waals surface area contributed by atoms with Gasteiger partial charge >= 0.3 is 6.61 Å². The molecule has 2 rings (SSSR count). The molecule has 5 heteroatoms. The molecule has 20 heavy (non-hydrogen) atoms. The van der Waals surface area contributed by atoms with Crippen LogP contribution in [0.5, 0.6) is 5.75 Å². The largest absolute Gasteiger partial charge is 0.435 e. The Hall–Kier alpha value is -2.14. The van der Waals surface area contributed by atoms with E-state index in [1.54, 1.807) is 12.1 Å². The Balaban J connectivity index is 1.97. The highest BCUT2D eigenvalue weighted by Gasteiger charge is 2.04. The van der Waals surface area contributed by atoms with E-state index in [0.29, 0.717) is 6.54 Å². The van der Waals surface area contributed by atoms with Crippen molar-refractivity contribution in [1.29, 1.82) is 0 Å². The quantitative estimate of drug-likeness (QED) is 0.851. The van der Waals surface area contributed by atoms with Crippen LogP contribution in [0.2, 0.25) is 0 Å². The Labute approximate surface area is 115 Å². The van der Waals surface area contributed by atoms with E-state index in [0.717, 1.165) is 16.8 Å². The van der Waals surface area contributed by atoms with E-state index in [1.165, 1.54) is 12.1 Å². The van der Waals surface area contributed by atoms with Gasteiger partial charge in [-0.15, -0.1) is 0 Å². The van der Waals surface area contributed by atoms with Gasteiger partial charge in [-0.3, -0.25) is 0 Å². The van der Waals surface area contributed by atoms with E-state index in [-0.39, 0.29) is 12.4 Å². The summed E-state index contributed by atoms with van der Waals surface area (Å²) in [5.74, 6) is 0.138. The van der Waals surface area contributed by atoms with E-state index in [2.05, 4.69) is 10.1 Å². The molecule has 0 atom stereocenters. The molecule has 0 heterocycles. The molecule has 0 aromatic heterocycles. The summed E-state index contributed by atoms with van der Waals surface area (Å²) >= 11 is 0. The molecule has 0 unspecified atom stereocenters. The van der Waals surface area contributed by atoms with Crippen LogP contribution in [-0.2, 0) is 13.2 Å². The highest BCUT2D eigenvalue weighted by Crippen LogP contribution is 2.18. The minimum absolute atomic E-state index is 0.0374. The van der Waals surface area contributed by atoms with Crippen LogP contribution >= 0.6 is 0 Å². The number of rotatable bonds is 6. The van der Waals surface area contributed by atoms with E-state index in [9.17, 15) is 13.9 Å². The van der Waals surface area contributed by atoms with Crippen molar-refractivity contribution < 1.29 is 18.6 Å². The van der Waals surface area contributed by atoms with Crippen molar-refractivity contribution in [2.24, 2.45) is 0 Å². The predicted molar refractivity (Wildman–Crippen MR) is 72.8 cm³/mol. The molecule has 3 nitrogen and oxygen atoms in total. The zero-order chi connectivity index (χ0) is 14.4. The molecule has 106 valence electrons. The number of halogens is 2. The summed E-state index contributed by atoms with van der Waals surface area (Å²) < 4.78 is 28.3. The molecule has 0 radical (unpaired) electrons. The molecule has 0 fully saturated rings. The molecule has 0 aliphatic heterocycles. The fourth-order valence-corrected chi connectivity index (χ4v) is 1.82. The third kappa shape index (κ3) is 3.93. The Morgan fingerprint density at radius 3 is 2.40 bits per heavy atom. The van der Waals surface area contributed by atoms with Gasteiger partial charge in [-0.05, 0) is 23.8 Å². The number of anilines is 1. The predicted octanol–water partition coefficient (Wildman–Crippen LogP) is 3.39. The lowest BCUT2D eigenvalue weighted by Gasteiger charge is -2.11. The number of hydrogen-bond donors (Lipinski definition) is 2. The highest BCUT2D eigenvalue weighted by atomic mass is 19.3. The first-order chi connectivity index (χ1) is 9.69. The number of aliphatic hydroxyl groups excluding tert-OH is 1.